The van der Waals surface area contributed by atoms with Gasteiger partial charge in [-0.15, -0.1) is 0 Å². The van der Waals surface area contributed by atoms with Gasteiger partial charge in [-0.1, -0.05) is 6.07 Å². The zero-order valence-corrected chi connectivity index (χ0v) is 11.5. The molecule has 3 N–H and O–H groups in total. The molecule has 0 fully saturated rings. The van der Waals surface area contributed by atoms with E-state index in [0.29, 0.717) is 12.5 Å². The van der Waals surface area contributed by atoms with Gasteiger partial charge in [-0.25, -0.2) is 4.99 Å². The van der Waals surface area contributed by atoms with Crippen LogP contribution in [0, 0.1) is 13.8 Å². The normalized spacial score (nSPS) is 11.6. The third-order valence-electron chi connectivity index (χ3n) is 2.67. The summed E-state index contributed by atoms with van der Waals surface area (Å²) in [6.45, 7) is 4.59. The van der Waals surface area contributed by atoms with Crippen LogP contribution in [0.2, 0.25) is 0 Å². The standard InChI is InChI=1S/C14H19N5/c1-10-6-11(2)8-13(7-10)17-14(15)16-9-12-4-5-19(3)18-12/h4-8H,9H2,1-3H3,(H3,15,16,17). The highest BCUT2D eigenvalue weighted by Gasteiger charge is 1.99. The van der Waals surface area contributed by atoms with E-state index >= 15 is 0 Å². The Morgan fingerprint density at radius 3 is 2.58 bits per heavy atom. The summed E-state index contributed by atoms with van der Waals surface area (Å²) in [6, 6.07) is 8.12. The topological polar surface area (TPSA) is 68.2 Å². The molecule has 0 saturated carbocycles. The first-order valence-electron chi connectivity index (χ1n) is 6.17. The Hall–Kier alpha value is -2.30. The first kappa shape index (κ1) is 13.1. The van der Waals surface area contributed by atoms with Crippen LogP contribution in [0.25, 0.3) is 0 Å². The quantitative estimate of drug-likeness (QED) is 0.652. The molecule has 0 amide bonds. The molecule has 19 heavy (non-hydrogen) atoms. The molecule has 2 aromatic rings. The average Bonchev–Trinajstić information content (AvgIpc) is 2.71. The monoisotopic (exact) mass is 257 g/mol. The fourth-order valence-corrected chi connectivity index (χ4v) is 1.95. The van der Waals surface area contributed by atoms with Crippen molar-refractivity contribution in [3.8, 4) is 0 Å². The number of hydrogen-bond acceptors (Lipinski definition) is 2. The first-order valence-corrected chi connectivity index (χ1v) is 6.17. The van der Waals surface area contributed by atoms with Gasteiger partial charge in [0.05, 0.1) is 12.2 Å². The zero-order valence-electron chi connectivity index (χ0n) is 11.5. The molecule has 0 unspecified atom stereocenters. The van der Waals surface area contributed by atoms with Crippen LogP contribution >= 0.6 is 0 Å². The second-order valence-electron chi connectivity index (χ2n) is 4.68. The van der Waals surface area contributed by atoms with Crippen molar-refractivity contribution in [2.24, 2.45) is 17.8 Å². The molecule has 5 nitrogen and oxygen atoms in total. The lowest BCUT2D eigenvalue weighted by Gasteiger charge is -2.07. The molecule has 0 bridgehead atoms. The molecule has 100 valence electrons. The summed E-state index contributed by atoms with van der Waals surface area (Å²) in [5, 5.41) is 7.34. The number of benzene rings is 1. The number of guanidine groups is 1. The number of rotatable bonds is 3. The lowest BCUT2D eigenvalue weighted by molar-refractivity contribution is 0.743. The average molecular weight is 257 g/mol. The predicted octanol–water partition coefficient (Wildman–Crippen LogP) is 1.96. The van der Waals surface area contributed by atoms with Gasteiger partial charge in [-0.05, 0) is 43.2 Å². The lowest BCUT2D eigenvalue weighted by Crippen LogP contribution is -2.22. The van der Waals surface area contributed by atoms with Gasteiger partial charge in [0, 0.05) is 18.9 Å². The Morgan fingerprint density at radius 1 is 1.32 bits per heavy atom. The van der Waals surface area contributed by atoms with E-state index in [1.165, 1.54) is 11.1 Å². The highest BCUT2D eigenvalue weighted by molar-refractivity contribution is 5.92. The number of aliphatic imine (C=N–C) groups is 1. The van der Waals surface area contributed by atoms with Crippen LogP contribution in [-0.2, 0) is 13.6 Å². The van der Waals surface area contributed by atoms with Crippen molar-refractivity contribution in [3.63, 3.8) is 0 Å². The molecule has 0 spiro atoms. The second kappa shape index (κ2) is 5.56. The maximum Gasteiger partial charge on any atom is 0.193 e. The van der Waals surface area contributed by atoms with E-state index in [9.17, 15) is 0 Å². The molecular weight excluding hydrogens is 238 g/mol. The third kappa shape index (κ3) is 3.84. The molecule has 0 radical (unpaired) electrons. The number of anilines is 1. The van der Waals surface area contributed by atoms with Crippen LogP contribution in [0.5, 0.6) is 0 Å². The first-order chi connectivity index (χ1) is 9.02. The van der Waals surface area contributed by atoms with Crippen LogP contribution in [0.15, 0.2) is 35.5 Å². The molecule has 0 aliphatic carbocycles. The van der Waals surface area contributed by atoms with Gasteiger partial charge in [0.25, 0.3) is 0 Å². The van der Waals surface area contributed by atoms with Crippen LogP contribution in [0.1, 0.15) is 16.8 Å². The van der Waals surface area contributed by atoms with Crippen LogP contribution in [0.4, 0.5) is 5.69 Å². The third-order valence-corrected chi connectivity index (χ3v) is 2.67. The van der Waals surface area contributed by atoms with E-state index in [-0.39, 0.29) is 0 Å². The van der Waals surface area contributed by atoms with E-state index in [0.717, 1.165) is 11.4 Å². The maximum absolute atomic E-state index is 5.86. The summed E-state index contributed by atoms with van der Waals surface area (Å²) in [5.74, 6) is 0.399. The molecular formula is C14H19N5. The smallest absolute Gasteiger partial charge is 0.193 e. The van der Waals surface area contributed by atoms with Crippen molar-refractivity contribution < 1.29 is 0 Å². The molecule has 0 aliphatic heterocycles. The van der Waals surface area contributed by atoms with Gasteiger partial charge in [0.2, 0.25) is 0 Å². The number of hydrogen-bond donors (Lipinski definition) is 2. The van der Waals surface area contributed by atoms with Crippen molar-refractivity contribution in [2.45, 2.75) is 20.4 Å². The van der Waals surface area contributed by atoms with E-state index in [2.05, 4.69) is 35.3 Å². The second-order valence-corrected chi connectivity index (χ2v) is 4.68. The van der Waals surface area contributed by atoms with E-state index in [1.807, 2.05) is 31.4 Å². The summed E-state index contributed by atoms with van der Waals surface area (Å²) in [7, 11) is 1.88. The minimum Gasteiger partial charge on any atom is -0.370 e. The number of nitrogens with zero attached hydrogens (tertiary/aromatic N) is 3. The number of aromatic nitrogens is 2. The Bertz CT molecular complexity index is 577. The number of nitrogens with two attached hydrogens (primary N) is 1. The summed E-state index contributed by atoms with van der Waals surface area (Å²) in [4.78, 5) is 4.27. The van der Waals surface area contributed by atoms with Crippen molar-refractivity contribution in [1.82, 2.24) is 9.78 Å². The van der Waals surface area contributed by atoms with Crippen molar-refractivity contribution in [2.75, 3.05) is 5.32 Å². The van der Waals surface area contributed by atoms with Gasteiger partial charge in [-0.3, -0.25) is 4.68 Å². The number of aryl methyl sites for hydroxylation is 3. The molecule has 0 aliphatic rings. The predicted molar refractivity (Wildman–Crippen MR) is 78.1 cm³/mol. The fraction of sp³-hybridized carbons (Fsp3) is 0.286. The molecule has 2 rings (SSSR count). The van der Waals surface area contributed by atoms with E-state index in [1.54, 1.807) is 4.68 Å². The van der Waals surface area contributed by atoms with Gasteiger partial charge in [-0.2, -0.15) is 5.10 Å². The van der Waals surface area contributed by atoms with Gasteiger partial charge in [0.15, 0.2) is 5.96 Å². The Morgan fingerprint density at radius 2 is 2.00 bits per heavy atom. The Balaban J connectivity index is 2.01. The van der Waals surface area contributed by atoms with Crippen molar-refractivity contribution in [1.29, 1.82) is 0 Å². The number of nitrogens with one attached hydrogen (secondary N) is 1. The molecule has 0 saturated heterocycles. The van der Waals surface area contributed by atoms with E-state index < -0.39 is 0 Å². The lowest BCUT2D eigenvalue weighted by atomic mass is 10.1. The SMILES string of the molecule is Cc1cc(C)cc(NC(N)=NCc2ccn(C)n2)c1. The van der Waals surface area contributed by atoms with Crippen LogP contribution in [-0.4, -0.2) is 15.7 Å². The minimum atomic E-state index is 0.399. The summed E-state index contributed by atoms with van der Waals surface area (Å²) in [6.07, 6.45) is 1.89. The van der Waals surface area contributed by atoms with Crippen LogP contribution < -0.4 is 11.1 Å². The molecule has 1 heterocycles. The Kier molecular flexibility index (Phi) is 3.85. The van der Waals surface area contributed by atoms with Gasteiger partial charge in [0.1, 0.15) is 0 Å². The molecule has 1 aromatic heterocycles. The highest BCUT2D eigenvalue weighted by atomic mass is 15.3. The summed E-state index contributed by atoms with van der Waals surface area (Å²) in [5.41, 5.74) is 10.1. The molecule has 5 heteroatoms. The van der Waals surface area contributed by atoms with Gasteiger partial charge < -0.3 is 11.1 Å². The maximum atomic E-state index is 5.86. The highest BCUT2D eigenvalue weighted by Crippen LogP contribution is 2.13. The van der Waals surface area contributed by atoms with Crippen LogP contribution in [0.3, 0.4) is 0 Å². The zero-order chi connectivity index (χ0) is 13.8. The van der Waals surface area contributed by atoms with Gasteiger partial charge >= 0.3 is 0 Å². The van der Waals surface area contributed by atoms with Crippen molar-refractivity contribution in [3.05, 3.63) is 47.3 Å². The van der Waals surface area contributed by atoms with E-state index in [4.69, 9.17) is 5.73 Å². The van der Waals surface area contributed by atoms with Crippen molar-refractivity contribution >= 4 is 11.6 Å². The molecule has 1 aromatic carbocycles. The Labute approximate surface area is 113 Å². The largest absolute Gasteiger partial charge is 0.370 e. The summed E-state index contributed by atoms with van der Waals surface area (Å²) < 4.78 is 1.75. The fourth-order valence-electron chi connectivity index (χ4n) is 1.95. The summed E-state index contributed by atoms with van der Waals surface area (Å²) >= 11 is 0. The molecule has 0 atom stereocenters. The minimum absolute atomic E-state index is 0.399.